The molecule has 3 heteroatoms. The van der Waals surface area contributed by atoms with Crippen molar-refractivity contribution in [2.24, 2.45) is 5.92 Å². The van der Waals surface area contributed by atoms with Crippen molar-refractivity contribution in [2.45, 2.75) is 57.8 Å². The Morgan fingerprint density at radius 3 is 2.57 bits per heavy atom. The summed E-state index contributed by atoms with van der Waals surface area (Å²) in [6, 6.07) is 10.1. The van der Waals surface area contributed by atoms with Crippen LogP contribution in [0.1, 0.15) is 63.7 Å². The summed E-state index contributed by atoms with van der Waals surface area (Å²) in [5.74, 6) is 2.94. The van der Waals surface area contributed by atoms with E-state index < -0.39 is 0 Å². The Balaban J connectivity index is 1.60. The maximum Gasteiger partial charge on any atom is 0.230 e. The largest absolute Gasteiger partial charge is 0.339 e. The van der Waals surface area contributed by atoms with E-state index >= 15 is 0 Å². The number of unbranched alkanes of at least 4 members (excludes halogenated alkanes) is 1. The SMILES string of the molecule is CCCCC1CCC(c2nc(-c3ccccc3)no2)CC1. The molecule has 2 aromatic rings. The van der Waals surface area contributed by atoms with Crippen molar-refractivity contribution >= 4 is 0 Å². The van der Waals surface area contributed by atoms with Crippen LogP contribution in [0.5, 0.6) is 0 Å². The molecule has 0 radical (unpaired) electrons. The Morgan fingerprint density at radius 1 is 1.10 bits per heavy atom. The molecule has 1 aromatic heterocycles. The molecule has 0 amide bonds. The lowest BCUT2D eigenvalue weighted by atomic mass is 9.80. The van der Waals surface area contributed by atoms with E-state index in [9.17, 15) is 0 Å². The van der Waals surface area contributed by atoms with Gasteiger partial charge in [0.1, 0.15) is 0 Å². The Labute approximate surface area is 126 Å². The van der Waals surface area contributed by atoms with Gasteiger partial charge in [0.15, 0.2) is 0 Å². The first-order valence-electron chi connectivity index (χ1n) is 8.26. The molecule has 1 aromatic carbocycles. The molecule has 1 aliphatic carbocycles. The fraction of sp³-hybridized carbons (Fsp3) is 0.556. The minimum absolute atomic E-state index is 0.466. The van der Waals surface area contributed by atoms with Gasteiger partial charge in [-0.3, -0.25) is 0 Å². The van der Waals surface area contributed by atoms with Crippen molar-refractivity contribution in [3.8, 4) is 11.4 Å². The van der Waals surface area contributed by atoms with Gasteiger partial charge in [0, 0.05) is 11.5 Å². The van der Waals surface area contributed by atoms with Gasteiger partial charge < -0.3 is 4.52 Å². The lowest BCUT2D eigenvalue weighted by Gasteiger charge is -2.26. The van der Waals surface area contributed by atoms with Gasteiger partial charge in [-0.1, -0.05) is 61.7 Å². The summed E-state index contributed by atoms with van der Waals surface area (Å²) in [7, 11) is 0. The first-order valence-corrected chi connectivity index (χ1v) is 8.26. The van der Waals surface area contributed by atoms with E-state index in [1.807, 2.05) is 30.3 Å². The van der Waals surface area contributed by atoms with Crippen molar-refractivity contribution in [1.29, 1.82) is 0 Å². The zero-order valence-electron chi connectivity index (χ0n) is 12.8. The summed E-state index contributed by atoms with van der Waals surface area (Å²) in [6.45, 7) is 2.27. The maximum absolute atomic E-state index is 5.51. The molecule has 1 heterocycles. The smallest absolute Gasteiger partial charge is 0.230 e. The topological polar surface area (TPSA) is 38.9 Å². The van der Waals surface area contributed by atoms with Crippen LogP contribution in [0, 0.1) is 5.92 Å². The third-order valence-corrected chi connectivity index (χ3v) is 4.64. The fourth-order valence-corrected chi connectivity index (χ4v) is 3.30. The molecule has 0 N–H and O–H groups in total. The predicted molar refractivity (Wildman–Crippen MR) is 84.0 cm³/mol. The second kappa shape index (κ2) is 6.88. The summed E-state index contributed by atoms with van der Waals surface area (Å²) in [5.41, 5.74) is 1.03. The van der Waals surface area contributed by atoms with E-state index in [-0.39, 0.29) is 0 Å². The van der Waals surface area contributed by atoms with Crippen LogP contribution in [-0.4, -0.2) is 10.1 Å². The van der Waals surface area contributed by atoms with Crippen LogP contribution in [0.15, 0.2) is 34.9 Å². The predicted octanol–water partition coefficient (Wildman–Crippen LogP) is 5.20. The Kier molecular flexibility index (Phi) is 4.69. The molecule has 1 saturated carbocycles. The summed E-state index contributed by atoms with van der Waals surface area (Å²) >= 11 is 0. The minimum atomic E-state index is 0.466. The molecule has 21 heavy (non-hydrogen) atoms. The molecule has 3 rings (SSSR count). The number of aromatic nitrogens is 2. The Bertz CT molecular complexity index is 541. The zero-order valence-corrected chi connectivity index (χ0v) is 12.8. The molecule has 0 atom stereocenters. The average Bonchev–Trinajstić information content (AvgIpc) is 3.04. The van der Waals surface area contributed by atoms with Crippen LogP contribution < -0.4 is 0 Å². The molecule has 3 nitrogen and oxygen atoms in total. The quantitative estimate of drug-likeness (QED) is 0.757. The summed E-state index contributed by atoms with van der Waals surface area (Å²) in [4.78, 5) is 4.61. The van der Waals surface area contributed by atoms with Crippen LogP contribution in [-0.2, 0) is 0 Å². The van der Waals surface area contributed by atoms with Crippen molar-refractivity contribution in [3.63, 3.8) is 0 Å². The second-order valence-electron chi connectivity index (χ2n) is 6.18. The lowest BCUT2D eigenvalue weighted by Crippen LogP contribution is -2.13. The lowest BCUT2D eigenvalue weighted by molar-refractivity contribution is 0.260. The normalized spacial score (nSPS) is 22.3. The first kappa shape index (κ1) is 14.3. The monoisotopic (exact) mass is 284 g/mol. The van der Waals surface area contributed by atoms with E-state index in [1.165, 1.54) is 44.9 Å². The number of hydrogen-bond acceptors (Lipinski definition) is 3. The van der Waals surface area contributed by atoms with E-state index in [0.717, 1.165) is 23.2 Å². The van der Waals surface area contributed by atoms with Crippen molar-refractivity contribution in [1.82, 2.24) is 10.1 Å². The summed E-state index contributed by atoms with van der Waals surface area (Å²) in [5, 5.41) is 4.14. The number of rotatable bonds is 5. The Morgan fingerprint density at radius 2 is 1.86 bits per heavy atom. The van der Waals surface area contributed by atoms with Crippen molar-refractivity contribution in [3.05, 3.63) is 36.2 Å². The molecule has 0 unspecified atom stereocenters. The molecule has 1 aliphatic rings. The van der Waals surface area contributed by atoms with Gasteiger partial charge in [0.25, 0.3) is 0 Å². The van der Waals surface area contributed by atoms with Gasteiger partial charge in [0.05, 0.1) is 0 Å². The third-order valence-electron chi connectivity index (χ3n) is 4.64. The standard InChI is InChI=1S/C18H24N2O/c1-2-3-7-14-10-12-16(13-11-14)18-19-17(20-21-18)15-8-5-4-6-9-15/h4-6,8-9,14,16H,2-3,7,10-13H2,1H3. The highest BCUT2D eigenvalue weighted by molar-refractivity contribution is 5.53. The van der Waals surface area contributed by atoms with E-state index in [1.54, 1.807) is 0 Å². The molecular weight excluding hydrogens is 260 g/mol. The third kappa shape index (κ3) is 3.52. The highest BCUT2D eigenvalue weighted by Crippen LogP contribution is 2.37. The highest BCUT2D eigenvalue weighted by Gasteiger charge is 2.26. The average molecular weight is 284 g/mol. The minimum Gasteiger partial charge on any atom is -0.339 e. The number of hydrogen-bond donors (Lipinski definition) is 0. The van der Waals surface area contributed by atoms with Crippen LogP contribution >= 0.6 is 0 Å². The van der Waals surface area contributed by atoms with Crippen LogP contribution in [0.3, 0.4) is 0 Å². The van der Waals surface area contributed by atoms with E-state index in [0.29, 0.717) is 5.92 Å². The van der Waals surface area contributed by atoms with Gasteiger partial charge in [-0.05, 0) is 31.6 Å². The molecule has 112 valence electrons. The van der Waals surface area contributed by atoms with Gasteiger partial charge in [-0.2, -0.15) is 4.98 Å². The molecule has 1 fully saturated rings. The van der Waals surface area contributed by atoms with Crippen LogP contribution in [0.4, 0.5) is 0 Å². The molecule has 0 aliphatic heterocycles. The maximum atomic E-state index is 5.51. The van der Waals surface area contributed by atoms with Crippen LogP contribution in [0.2, 0.25) is 0 Å². The van der Waals surface area contributed by atoms with Gasteiger partial charge >= 0.3 is 0 Å². The summed E-state index contributed by atoms with van der Waals surface area (Å²) in [6.07, 6.45) is 9.09. The Hall–Kier alpha value is -1.64. The molecule has 0 bridgehead atoms. The molecular formula is C18H24N2O. The first-order chi connectivity index (χ1) is 10.4. The van der Waals surface area contributed by atoms with E-state index in [2.05, 4.69) is 17.1 Å². The van der Waals surface area contributed by atoms with Gasteiger partial charge in [-0.25, -0.2) is 0 Å². The molecule has 0 spiro atoms. The number of nitrogens with zero attached hydrogens (tertiary/aromatic N) is 2. The van der Waals surface area contributed by atoms with Crippen molar-refractivity contribution in [2.75, 3.05) is 0 Å². The number of benzene rings is 1. The van der Waals surface area contributed by atoms with Gasteiger partial charge in [0.2, 0.25) is 11.7 Å². The highest BCUT2D eigenvalue weighted by atomic mass is 16.5. The summed E-state index contributed by atoms with van der Waals surface area (Å²) < 4.78 is 5.51. The zero-order chi connectivity index (χ0) is 14.5. The van der Waals surface area contributed by atoms with Crippen LogP contribution in [0.25, 0.3) is 11.4 Å². The fourth-order valence-electron chi connectivity index (χ4n) is 3.30. The molecule has 0 saturated heterocycles. The van der Waals surface area contributed by atoms with Crippen molar-refractivity contribution < 1.29 is 4.52 Å². The van der Waals surface area contributed by atoms with E-state index in [4.69, 9.17) is 4.52 Å². The van der Waals surface area contributed by atoms with Gasteiger partial charge in [-0.15, -0.1) is 0 Å². The second-order valence-corrected chi connectivity index (χ2v) is 6.18.